The van der Waals surface area contributed by atoms with Crippen LogP contribution < -0.4 is 11.3 Å². The summed E-state index contributed by atoms with van der Waals surface area (Å²) in [5.74, 6) is 5.15. The molecule has 0 aliphatic heterocycles. The van der Waals surface area contributed by atoms with Crippen LogP contribution in [0.3, 0.4) is 0 Å². The third-order valence-electron chi connectivity index (χ3n) is 1.01. The number of nitrogens with one attached hydrogen (secondary N) is 1. The summed E-state index contributed by atoms with van der Waals surface area (Å²) < 4.78 is 0. The van der Waals surface area contributed by atoms with Crippen LogP contribution in [0, 0.1) is 6.92 Å². The van der Waals surface area contributed by atoms with Crippen LogP contribution in [0.2, 0.25) is 0 Å². The highest BCUT2D eigenvalue weighted by molar-refractivity contribution is 7.08. The highest BCUT2D eigenvalue weighted by Gasteiger charge is 1.91. The summed E-state index contributed by atoms with van der Waals surface area (Å²) in [6, 6.07) is 0. The van der Waals surface area contributed by atoms with Crippen LogP contribution in [0.1, 0.15) is 5.56 Å². The molecule has 0 atom stereocenters. The van der Waals surface area contributed by atoms with Crippen molar-refractivity contribution in [3.8, 4) is 0 Å². The third kappa shape index (κ3) is 0.827. The number of hydrogen-bond acceptors (Lipinski definition) is 3. The van der Waals surface area contributed by atoms with E-state index in [1.54, 1.807) is 11.3 Å². The van der Waals surface area contributed by atoms with Gasteiger partial charge in [-0.2, -0.15) is 0 Å². The second kappa shape index (κ2) is 2.15. The van der Waals surface area contributed by atoms with E-state index in [9.17, 15) is 0 Å². The molecule has 0 unspecified atom stereocenters. The maximum absolute atomic E-state index is 5.15. The van der Waals surface area contributed by atoms with Crippen molar-refractivity contribution in [1.29, 1.82) is 0 Å². The molecule has 1 aromatic rings. The Labute approximate surface area is 52.3 Å². The van der Waals surface area contributed by atoms with Gasteiger partial charge in [-0.05, 0) is 17.9 Å². The van der Waals surface area contributed by atoms with E-state index in [0.717, 1.165) is 5.69 Å². The number of hydrazine groups is 1. The Kier molecular flexibility index (Phi) is 1.50. The number of thiophene rings is 1. The van der Waals surface area contributed by atoms with Crippen LogP contribution in [-0.2, 0) is 0 Å². The predicted molar refractivity (Wildman–Crippen MR) is 36.9 cm³/mol. The Morgan fingerprint density at radius 2 is 2.38 bits per heavy atom. The van der Waals surface area contributed by atoms with Gasteiger partial charge < -0.3 is 5.43 Å². The van der Waals surface area contributed by atoms with Gasteiger partial charge in [-0.1, -0.05) is 0 Å². The molecule has 0 aliphatic rings. The van der Waals surface area contributed by atoms with Crippen LogP contribution in [-0.4, -0.2) is 0 Å². The molecule has 2 nitrogen and oxygen atoms in total. The van der Waals surface area contributed by atoms with E-state index in [1.807, 2.05) is 12.3 Å². The maximum atomic E-state index is 5.15. The third-order valence-corrected chi connectivity index (χ3v) is 1.87. The van der Waals surface area contributed by atoms with Crippen molar-refractivity contribution in [1.82, 2.24) is 0 Å². The number of anilines is 1. The summed E-state index contributed by atoms with van der Waals surface area (Å²) in [5.41, 5.74) is 4.81. The summed E-state index contributed by atoms with van der Waals surface area (Å²) in [6.45, 7) is 2.02. The van der Waals surface area contributed by atoms with Gasteiger partial charge >= 0.3 is 0 Å². The van der Waals surface area contributed by atoms with Gasteiger partial charge in [0.15, 0.2) is 0 Å². The minimum absolute atomic E-state index is 1.02. The average molecular weight is 128 g/mol. The molecule has 8 heavy (non-hydrogen) atoms. The fraction of sp³-hybridized carbons (Fsp3) is 0.200. The van der Waals surface area contributed by atoms with E-state index in [4.69, 9.17) is 5.84 Å². The van der Waals surface area contributed by atoms with Crippen molar-refractivity contribution in [2.75, 3.05) is 5.43 Å². The molecule has 0 aliphatic carbocycles. The number of nitrogens with two attached hydrogens (primary N) is 1. The van der Waals surface area contributed by atoms with Gasteiger partial charge in [0.05, 0.1) is 5.69 Å². The molecular weight excluding hydrogens is 120 g/mol. The maximum Gasteiger partial charge on any atom is 0.0621 e. The van der Waals surface area contributed by atoms with Crippen molar-refractivity contribution < 1.29 is 0 Å². The molecule has 0 spiro atoms. The summed E-state index contributed by atoms with van der Waals surface area (Å²) >= 11 is 1.65. The lowest BCUT2D eigenvalue weighted by Crippen LogP contribution is -2.06. The molecule has 0 bridgehead atoms. The molecule has 0 fully saturated rings. The smallest absolute Gasteiger partial charge is 0.0621 e. The van der Waals surface area contributed by atoms with Gasteiger partial charge in [-0.15, -0.1) is 11.3 Å². The van der Waals surface area contributed by atoms with Crippen LogP contribution >= 0.6 is 11.3 Å². The van der Waals surface area contributed by atoms with Gasteiger partial charge in [0.2, 0.25) is 0 Å². The summed E-state index contributed by atoms with van der Waals surface area (Å²) in [6.07, 6.45) is 0. The van der Waals surface area contributed by atoms with E-state index < -0.39 is 0 Å². The van der Waals surface area contributed by atoms with Crippen LogP contribution in [0.25, 0.3) is 0 Å². The molecule has 0 aromatic carbocycles. The van der Waals surface area contributed by atoms with E-state index in [-0.39, 0.29) is 0 Å². The van der Waals surface area contributed by atoms with Crippen LogP contribution in [0.4, 0.5) is 5.69 Å². The van der Waals surface area contributed by atoms with Crippen LogP contribution in [0.15, 0.2) is 10.8 Å². The number of nitrogen functional groups attached to an aromatic ring is 1. The summed E-state index contributed by atoms with van der Waals surface area (Å²) in [5, 5.41) is 4.03. The Balaban J connectivity index is 2.92. The quantitative estimate of drug-likeness (QED) is 0.442. The molecule has 0 radical (unpaired) electrons. The minimum atomic E-state index is 1.02. The topological polar surface area (TPSA) is 38.0 Å². The van der Waals surface area contributed by atoms with Gasteiger partial charge in [0.1, 0.15) is 0 Å². The first-order valence-corrected chi connectivity index (χ1v) is 3.28. The molecule has 1 rings (SSSR count). The largest absolute Gasteiger partial charge is 0.323 e. The lowest BCUT2D eigenvalue weighted by atomic mass is 10.3. The number of rotatable bonds is 1. The molecule has 0 saturated heterocycles. The van der Waals surface area contributed by atoms with Crippen molar-refractivity contribution >= 4 is 17.0 Å². The first-order chi connectivity index (χ1) is 3.84. The van der Waals surface area contributed by atoms with E-state index >= 15 is 0 Å². The fourth-order valence-corrected chi connectivity index (χ4v) is 1.30. The minimum Gasteiger partial charge on any atom is -0.323 e. The normalized spacial score (nSPS) is 9.25. The second-order valence-corrected chi connectivity index (χ2v) is 2.36. The lowest BCUT2D eigenvalue weighted by molar-refractivity contribution is 1.34. The van der Waals surface area contributed by atoms with Crippen LogP contribution in [0.5, 0.6) is 0 Å². The van der Waals surface area contributed by atoms with Crippen molar-refractivity contribution in [3.63, 3.8) is 0 Å². The highest BCUT2D eigenvalue weighted by atomic mass is 32.1. The lowest BCUT2D eigenvalue weighted by Gasteiger charge is -1.92. The molecular formula is C5H8N2S. The van der Waals surface area contributed by atoms with E-state index in [2.05, 4.69) is 10.8 Å². The SMILES string of the molecule is Cc1cscc1NN. The van der Waals surface area contributed by atoms with Crippen molar-refractivity contribution in [2.24, 2.45) is 5.84 Å². The predicted octanol–water partition coefficient (Wildman–Crippen LogP) is 1.34. The first kappa shape index (κ1) is 5.59. The van der Waals surface area contributed by atoms with Crippen molar-refractivity contribution in [2.45, 2.75) is 6.92 Å². The Bertz CT molecular complexity index is 171. The molecule has 3 heteroatoms. The summed E-state index contributed by atoms with van der Waals surface area (Å²) in [7, 11) is 0. The van der Waals surface area contributed by atoms with E-state index in [0.29, 0.717) is 0 Å². The van der Waals surface area contributed by atoms with Gasteiger partial charge in [-0.25, -0.2) is 0 Å². The fourth-order valence-electron chi connectivity index (χ4n) is 0.508. The molecule has 0 amide bonds. The zero-order chi connectivity index (χ0) is 5.98. The Hall–Kier alpha value is -0.540. The molecule has 3 N–H and O–H groups in total. The molecule has 44 valence electrons. The standard InChI is InChI=1S/C5H8N2S/c1-4-2-8-3-5(4)7-6/h2-3,7H,6H2,1H3. The molecule has 1 heterocycles. The average Bonchev–Trinajstić information content (AvgIpc) is 2.14. The van der Waals surface area contributed by atoms with Gasteiger partial charge in [0.25, 0.3) is 0 Å². The Morgan fingerprint density at radius 1 is 1.62 bits per heavy atom. The first-order valence-electron chi connectivity index (χ1n) is 2.34. The number of aryl methyl sites for hydroxylation is 1. The molecule has 1 aromatic heterocycles. The molecule has 0 saturated carbocycles. The highest BCUT2D eigenvalue weighted by Crippen LogP contribution is 2.17. The van der Waals surface area contributed by atoms with Gasteiger partial charge in [-0.3, -0.25) is 5.84 Å². The number of hydrogen-bond donors (Lipinski definition) is 2. The Morgan fingerprint density at radius 3 is 2.62 bits per heavy atom. The zero-order valence-electron chi connectivity index (χ0n) is 4.64. The van der Waals surface area contributed by atoms with E-state index in [1.165, 1.54) is 5.56 Å². The monoisotopic (exact) mass is 128 g/mol. The second-order valence-electron chi connectivity index (χ2n) is 1.61. The zero-order valence-corrected chi connectivity index (χ0v) is 5.46. The van der Waals surface area contributed by atoms with Gasteiger partial charge in [0, 0.05) is 5.38 Å². The van der Waals surface area contributed by atoms with Crippen molar-refractivity contribution in [3.05, 3.63) is 16.3 Å². The summed E-state index contributed by atoms with van der Waals surface area (Å²) in [4.78, 5) is 0.